The lowest BCUT2D eigenvalue weighted by atomic mass is 10.1. The molecule has 0 fully saturated rings. The number of methoxy groups -OCH3 is 1. The van der Waals surface area contributed by atoms with Crippen LogP contribution in [0.3, 0.4) is 0 Å². The second-order valence-corrected chi connectivity index (χ2v) is 8.25. The third kappa shape index (κ3) is 6.02. The maximum atomic E-state index is 12.4. The first-order valence-corrected chi connectivity index (χ1v) is 11.3. The van der Waals surface area contributed by atoms with Gasteiger partial charge in [0.25, 0.3) is 5.91 Å². The van der Waals surface area contributed by atoms with Gasteiger partial charge in [-0.25, -0.2) is 0 Å². The van der Waals surface area contributed by atoms with Crippen molar-refractivity contribution < 1.29 is 14.3 Å². The lowest BCUT2D eigenvalue weighted by molar-refractivity contribution is -0.113. The lowest BCUT2D eigenvalue weighted by Crippen LogP contribution is -2.24. The largest absolute Gasteiger partial charge is 0.495 e. The number of carbonyl (C=O) groups is 2. The van der Waals surface area contributed by atoms with Crippen LogP contribution in [0.5, 0.6) is 5.75 Å². The summed E-state index contributed by atoms with van der Waals surface area (Å²) in [6.45, 7) is 4.76. The zero-order chi connectivity index (χ0) is 23.1. The summed E-state index contributed by atoms with van der Waals surface area (Å²) >= 11 is 7.27. The molecule has 1 heterocycles. The molecule has 0 radical (unpaired) electrons. The van der Waals surface area contributed by atoms with Gasteiger partial charge in [0.05, 0.1) is 25.1 Å². The molecule has 0 spiro atoms. The summed E-state index contributed by atoms with van der Waals surface area (Å²) in [6, 6.07) is 12.4. The van der Waals surface area contributed by atoms with Gasteiger partial charge in [-0.3, -0.25) is 9.59 Å². The van der Waals surface area contributed by atoms with Crippen molar-refractivity contribution in [3.05, 3.63) is 64.4 Å². The average molecular weight is 474 g/mol. The van der Waals surface area contributed by atoms with Crippen LogP contribution in [0.15, 0.2) is 47.6 Å². The molecule has 0 unspecified atom stereocenters. The standard InChI is InChI=1S/C22H24ClN5O3S/c1-4-28-19(12-24-21(30)15-7-5-14(2)6-8-15)26-27-22(28)32-13-20(29)25-17-11-16(23)9-10-18(17)31-3/h5-11H,4,12-13H2,1-3H3,(H,24,30)(H,25,29). The molecule has 3 aromatic rings. The molecule has 0 aliphatic carbocycles. The van der Waals surface area contributed by atoms with E-state index in [1.165, 1.54) is 18.9 Å². The van der Waals surface area contributed by atoms with E-state index in [0.717, 1.165) is 5.56 Å². The normalized spacial score (nSPS) is 10.6. The van der Waals surface area contributed by atoms with Gasteiger partial charge in [0.1, 0.15) is 5.75 Å². The van der Waals surface area contributed by atoms with E-state index >= 15 is 0 Å². The number of ether oxygens (including phenoxy) is 1. The number of nitrogens with one attached hydrogen (secondary N) is 2. The Kier molecular flexibility index (Phi) is 8.13. The summed E-state index contributed by atoms with van der Waals surface area (Å²) in [4.78, 5) is 24.8. The van der Waals surface area contributed by atoms with E-state index in [-0.39, 0.29) is 24.1 Å². The van der Waals surface area contributed by atoms with Crippen molar-refractivity contribution in [2.24, 2.45) is 0 Å². The van der Waals surface area contributed by atoms with Gasteiger partial charge >= 0.3 is 0 Å². The van der Waals surface area contributed by atoms with Crippen molar-refractivity contribution in [2.45, 2.75) is 32.1 Å². The zero-order valence-electron chi connectivity index (χ0n) is 18.0. The first-order valence-electron chi connectivity index (χ1n) is 9.94. The van der Waals surface area contributed by atoms with Crippen LogP contribution in [-0.4, -0.2) is 39.4 Å². The van der Waals surface area contributed by atoms with Crippen LogP contribution in [-0.2, 0) is 17.9 Å². The molecule has 1 aromatic heterocycles. The van der Waals surface area contributed by atoms with Crippen LogP contribution in [0, 0.1) is 6.92 Å². The van der Waals surface area contributed by atoms with Gasteiger partial charge in [0, 0.05) is 17.1 Å². The number of halogens is 1. The quantitative estimate of drug-likeness (QED) is 0.457. The number of anilines is 1. The fourth-order valence-electron chi connectivity index (χ4n) is 2.93. The van der Waals surface area contributed by atoms with Crippen LogP contribution in [0.1, 0.15) is 28.7 Å². The monoisotopic (exact) mass is 473 g/mol. The predicted octanol–water partition coefficient (Wildman–Crippen LogP) is 3.93. The van der Waals surface area contributed by atoms with Gasteiger partial charge in [-0.05, 0) is 44.2 Å². The first-order chi connectivity index (χ1) is 15.4. The summed E-state index contributed by atoms with van der Waals surface area (Å²) in [5.74, 6) is 0.863. The van der Waals surface area contributed by atoms with Gasteiger partial charge in [-0.15, -0.1) is 10.2 Å². The van der Waals surface area contributed by atoms with Crippen LogP contribution in [0.4, 0.5) is 5.69 Å². The number of thioether (sulfide) groups is 1. The fraction of sp³-hybridized carbons (Fsp3) is 0.273. The molecule has 2 N–H and O–H groups in total. The van der Waals surface area contributed by atoms with E-state index in [9.17, 15) is 9.59 Å². The van der Waals surface area contributed by atoms with Gasteiger partial charge in [-0.1, -0.05) is 41.1 Å². The topological polar surface area (TPSA) is 98.1 Å². The summed E-state index contributed by atoms with van der Waals surface area (Å²) in [7, 11) is 1.52. The van der Waals surface area contributed by atoms with Crippen molar-refractivity contribution in [1.29, 1.82) is 0 Å². The van der Waals surface area contributed by atoms with Crippen LogP contribution in [0.2, 0.25) is 5.02 Å². The van der Waals surface area contributed by atoms with Crippen molar-refractivity contribution >= 4 is 40.9 Å². The molecule has 0 atom stereocenters. The fourth-order valence-corrected chi connectivity index (χ4v) is 3.93. The highest BCUT2D eigenvalue weighted by Crippen LogP contribution is 2.28. The highest BCUT2D eigenvalue weighted by atomic mass is 35.5. The number of amides is 2. The van der Waals surface area contributed by atoms with E-state index in [0.29, 0.717) is 39.5 Å². The third-order valence-corrected chi connectivity index (χ3v) is 5.80. The molecule has 32 heavy (non-hydrogen) atoms. The van der Waals surface area contributed by atoms with E-state index in [4.69, 9.17) is 16.3 Å². The van der Waals surface area contributed by atoms with E-state index < -0.39 is 0 Å². The predicted molar refractivity (Wildman–Crippen MR) is 125 cm³/mol. The van der Waals surface area contributed by atoms with Gasteiger partial charge in [-0.2, -0.15) is 0 Å². The van der Waals surface area contributed by atoms with Gasteiger partial charge < -0.3 is 19.9 Å². The molecule has 2 amide bonds. The molecule has 0 saturated heterocycles. The number of benzene rings is 2. The molecule has 168 valence electrons. The number of rotatable bonds is 9. The highest BCUT2D eigenvalue weighted by Gasteiger charge is 2.15. The summed E-state index contributed by atoms with van der Waals surface area (Å²) < 4.78 is 7.12. The minimum Gasteiger partial charge on any atom is -0.495 e. The van der Waals surface area contributed by atoms with E-state index in [1.807, 2.05) is 30.5 Å². The Morgan fingerprint density at radius 1 is 1.16 bits per heavy atom. The van der Waals surface area contributed by atoms with Crippen molar-refractivity contribution in [1.82, 2.24) is 20.1 Å². The number of nitrogens with zero attached hydrogens (tertiary/aromatic N) is 3. The van der Waals surface area contributed by atoms with Gasteiger partial charge in [0.2, 0.25) is 5.91 Å². The smallest absolute Gasteiger partial charge is 0.251 e. The van der Waals surface area contributed by atoms with E-state index in [2.05, 4.69) is 20.8 Å². The maximum Gasteiger partial charge on any atom is 0.251 e. The molecule has 10 heteroatoms. The third-order valence-electron chi connectivity index (χ3n) is 4.60. The molecule has 0 aliphatic rings. The Bertz CT molecular complexity index is 1100. The minimum absolute atomic E-state index is 0.128. The maximum absolute atomic E-state index is 12.4. The molecule has 8 nitrogen and oxygen atoms in total. The Hall–Kier alpha value is -3.04. The van der Waals surface area contributed by atoms with Crippen molar-refractivity contribution in [3.63, 3.8) is 0 Å². The van der Waals surface area contributed by atoms with Crippen LogP contribution < -0.4 is 15.4 Å². The van der Waals surface area contributed by atoms with Crippen molar-refractivity contribution in [2.75, 3.05) is 18.2 Å². The summed E-state index contributed by atoms with van der Waals surface area (Å²) in [5, 5.41) is 15.1. The van der Waals surface area contributed by atoms with Crippen LogP contribution >= 0.6 is 23.4 Å². The molecule has 0 aliphatic heterocycles. The molecule has 3 rings (SSSR count). The lowest BCUT2D eigenvalue weighted by Gasteiger charge is -2.11. The molecule has 0 saturated carbocycles. The second kappa shape index (κ2) is 11.0. The minimum atomic E-state index is -0.226. The Morgan fingerprint density at radius 3 is 2.59 bits per heavy atom. The number of aromatic nitrogens is 3. The highest BCUT2D eigenvalue weighted by molar-refractivity contribution is 7.99. The average Bonchev–Trinajstić information content (AvgIpc) is 3.18. The number of hydrogen-bond acceptors (Lipinski definition) is 6. The zero-order valence-corrected chi connectivity index (χ0v) is 19.6. The Balaban J connectivity index is 1.58. The molecule has 2 aromatic carbocycles. The Labute approximate surface area is 195 Å². The summed E-state index contributed by atoms with van der Waals surface area (Å²) in [6.07, 6.45) is 0. The van der Waals surface area contributed by atoms with E-state index in [1.54, 1.807) is 30.3 Å². The summed E-state index contributed by atoms with van der Waals surface area (Å²) in [5.41, 5.74) is 2.18. The Morgan fingerprint density at radius 2 is 1.91 bits per heavy atom. The molecule has 0 bridgehead atoms. The molecular formula is C22H24ClN5O3S. The molecular weight excluding hydrogens is 450 g/mol. The van der Waals surface area contributed by atoms with Crippen molar-refractivity contribution in [3.8, 4) is 5.75 Å². The van der Waals surface area contributed by atoms with Gasteiger partial charge in [0.15, 0.2) is 11.0 Å². The number of carbonyl (C=O) groups excluding carboxylic acids is 2. The second-order valence-electron chi connectivity index (χ2n) is 6.87. The SMILES string of the molecule is CCn1c(CNC(=O)c2ccc(C)cc2)nnc1SCC(=O)Nc1cc(Cl)ccc1OC. The first kappa shape index (κ1) is 23.6. The number of aryl methyl sites for hydroxylation is 1. The number of hydrogen-bond donors (Lipinski definition) is 2. The van der Waals surface area contributed by atoms with Crippen LogP contribution in [0.25, 0.3) is 0 Å².